The lowest BCUT2D eigenvalue weighted by molar-refractivity contribution is 0.162. The summed E-state index contributed by atoms with van der Waals surface area (Å²) in [7, 11) is 5.78. The number of halogens is 1. The predicted molar refractivity (Wildman–Crippen MR) is 103 cm³/mol. The molecule has 1 aliphatic heterocycles. The number of aliphatic imine (C=N–C) groups is 1. The molecule has 1 saturated heterocycles. The number of methoxy groups -OCH3 is 1. The average molecular weight is 424 g/mol. The molecule has 0 unspecified atom stereocenters. The normalized spacial score (nSPS) is 20.7. The summed E-state index contributed by atoms with van der Waals surface area (Å²) in [5.41, 5.74) is 0.604. The fourth-order valence-corrected chi connectivity index (χ4v) is 3.70. The number of nitrogens with one attached hydrogen (secondary N) is 1. The topological polar surface area (TPSA) is 40.1 Å². The van der Waals surface area contributed by atoms with Crippen molar-refractivity contribution in [3.05, 3.63) is 0 Å². The molecule has 6 heteroatoms. The Hall–Kier alpha value is -0.0800. The maximum atomic E-state index is 5.10. The highest BCUT2D eigenvalue weighted by Gasteiger charge is 2.40. The Morgan fingerprint density at radius 3 is 2.64 bits per heavy atom. The van der Waals surface area contributed by atoms with Crippen LogP contribution in [0.5, 0.6) is 0 Å². The van der Waals surface area contributed by atoms with E-state index >= 15 is 0 Å². The molecule has 0 amide bonds. The highest BCUT2D eigenvalue weighted by molar-refractivity contribution is 14.0. The van der Waals surface area contributed by atoms with E-state index in [1.54, 1.807) is 7.11 Å². The third-order valence-corrected chi connectivity index (χ3v) is 5.07. The van der Waals surface area contributed by atoms with E-state index in [1.807, 2.05) is 7.05 Å². The van der Waals surface area contributed by atoms with E-state index in [0.717, 1.165) is 32.2 Å². The highest BCUT2D eigenvalue weighted by atomic mass is 127. The van der Waals surface area contributed by atoms with Gasteiger partial charge in [0, 0.05) is 46.9 Å². The predicted octanol–water partition coefficient (Wildman–Crippen LogP) is 2.02. The first-order valence-corrected chi connectivity index (χ1v) is 8.32. The standard InChI is InChI=1S/C16H32N4O.HI/c1-17-15(18-9-11-19(2)12-13-21-3)20-10-8-16(14-20)6-4-5-7-16;/h4-14H2,1-3H3,(H,17,18);1H. The number of hydrogen-bond donors (Lipinski definition) is 1. The van der Waals surface area contributed by atoms with Gasteiger partial charge in [-0.3, -0.25) is 4.99 Å². The maximum absolute atomic E-state index is 5.10. The van der Waals surface area contributed by atoms with Crippen molar-refractivity contribution in [1.29, 1.82) is 0 Å². The molecule has 0 aromatic carbocycles. The second kappa shape index (κ2) is 9.93. The Bertz CT molecular complexity index is 345. The largest absolute Gasteiger partial charge is 0.383 e. The van der Waals surface area contributed by atoms with Crippen LogP contribution in [0.4, 0.5) is 0 Å². The Balaban J connectivity index is 0.00000242. The van der Waals surface area contributed by atoms with Crippen LogP contribution in [0.25, 0.3) is 0 Å². The van der Waals surface area contributed by atoms with Crippen molar-refractivity contribution in [2.24, 2.45) is 10.4 Å². The molecule has 1 saturated carbocycles. The minimum absolute atomic E-state index is 0. The first kappa shape index (κ1) is 20.0. The zero-order valence-electron chi connectivity index (χ0n) is 14.4. The number of hydrogen-bond acceptors (Lipinski definition) is 3. The summed E-state index contributed by atoms with van der Waals surface area (Å²) < 4.78 is 5.10. The van der Waals surface area contributed by atoms with E-state index in [9.17, 15) is 0 Å². The van der Waals surface area contributed by atoms with Crippen LogP contribution in [0.1, 0.15) is 32.1 Å². The van der Waals surface area contributed by atoms with Crippen molar-refractivity contribution in [2.45, 2.75) is 32.1 Å². The maximum Gasteiger partial charge on any atom is 0.193 e. The van der Waals surface area contributed by atoms with E-state index in [4.69, 9.17) is 4.74 Å². The Kier molecular flexibility index (Phi) is 9.01. The van der Waals surface area contributed by atoms with Crippen molar-refractivity contribution in [2.75, 3.05) is 60.5 Å². The van der Waals surface area contributed by atoms with Crippen LogP contribution < -0.4 is 5.32 Å². The molecule has 2 rings (SSSR count). The summed E-state index contributed by atoms with van der Waals surface area (Å²) in [6.07, 6.45) is 7.02. The average Bonchev–Trinajstić information content (AvgIpc) is 3.12. The SMILES string of the molecule is CN=C(NCCN(C)CCOC)N1CCC2(CCCC2)C1.I. The lowest BCUT2D eigenvalue weighted by Gasteiger charge is -2.26. The van der Waals surface area contributed by atoms with Gasteiger partial charge in [0.05, 0.1) is 6.61 Å². The molecule has 1 spiro atoms. The van der Waals surface area contributed by atoms with Crippen LogP contribution in [0, 0.1) is 5.41 Å². The molecule has 0 bridgehead atoms. The van der Waals surface area contributed by atoms with E-state index in [-0.39, 0.29) is 24.0 Å². The third kappa shape index (κ3) is 5.53. The number of likely N-dealkylation sites (N-methyl/N-ethyl adjacent to an activating group) is 1. The highest BCUT2D eigenvalue weighted by Crippen LogP contribution is 2.45. The van der Waals surface area contributed by atoms with Gasteiger partial charge >= 0.3 is 0 Å². The number of rotatable bonds is 6. The minimum atomic E-state index is 0. The molecule has 1 aliphatic carbocycles. The van der Waals surface area contributed by atoms with E-state index in [2.05, 4.69) is 27.2 Å². The molecule has 0 atom stereocenters. The summed E-state index contributed by atoms with van der Waals surface area (Å²) in [6, 6.07) is 0. The van der Waals surface area contributed by atoms with Crippen LogP contribution in [-0.4, -0.2) is 76.3 Å². The zero-order chi connectivity index (χ0) is 15.1. The van der Waals surface area contributed by atoms with Crippen LogP contribution in [-0.2, 0) is 4.74 Å². The molecule has 0 radical (unpaired) electrons. The molecule has 130 valence electrons. The molecule has 5 nitrogen and oxygen atoms in total. The Morgan fingerprint density at radius 2 is 2.00 bits per heavy atom. The second-order valence-corrected chi connectivity index (χ2v) is 6.65. The molecule has 1 N–H and O–H groups in total. The second-order valence-electron chi connectivity index (χ2n) is 6.65. The monoisotopic (exact) mass is 424 g/mol. The van der Waals surface area contributed by atoms with E-state index < -0.39 is 0 Å². The molecular formula is C16H33IN4O. The minimum Gasteiger partial charge on any atom is -0.383 e. The lowest BCUT2D eigenvalue weighted by atomic mass is 9.86. The molecule has 0 aromatic rings. The van der Waals surface area contributed by atoms with Crippen LogP contribution in [0.15, 0.2) is 4.99 Å². The number of nitrogens with zero attached hydrogens (tertiary/aromatic N) is 3. The van der Waals surface area contributed by atoms with Crippen molar-refractivity contribution in [3.63, 3.8) is 0 Å². The number of guanidine groups is 1. The van der Waals surface area contributed by atoms with Crippen LogP contribution >= 0.6 is 24.0 Å². The van der Waals surface area contributed by atoms with Gasteiger partial charge < -0.3 is 19.9 Å². The van der Waals surface area contributed by atoms with Gasteiger partial charge in [-0.25, -0.2) is 0 Å². The fourth-order valence-electron chi connectivity index (χ4n) is 3.70. The molecule has 22 heavy (non-hydrogen) atoms. The van der Waals surface area contributed by atoms with E-state index in [1.165, 1.54) is 45.2 Å². The quantitative estimate of drug-likeness (QED) is 0.403. The number of likely N-dealkylation sites (tertiary alicyclic amines) is 1. The molecule has 2 fully saturated rings. The lowest BCUT2D eigenvalue weighted by Crippen LogP contribution is -2.43. The van der Waals surface area contributed by atoms with Crippen LogP contribution in [0.2, 0.25) is 0 Å². The van der Waals surface area contributed by atoms with Gasteiger partial charge in [-0.2, -0.15) is 0 Å². The van der Waals surface area contributed by atoms with Crippen molar-refractivity contribution in [3.8, 4) is 0 Å². The smallest absolute Gasteiger partial charge is 0.193 e. The Labute approximate surface area is 152 Å². The summed E-state index contributed by atoms with van der Waals surface area (Å²) in [4.78, 5) is 9.21. The van der Waals surface area contributed by atoms with Crippen molar-refractivity contribution in [1.82, 2.24) is 15.1 Å². The summed E-state index contributed by atoms with van der Waals surface area (Å²) in [6.45, 7) is 6.09. The summed E-state index contributed by atoms with van der Waals surface area (Å²) >= 11 is 0. The van der Waals surface area contributed by atoms with Gasteiger partial charge in [0.15, 0.2) is 5.96 Å². The van der Waals surface area contributed by atoms with Crippen molar-refractivity contribution >= 4 is 29.9 Å². The zero-order valence-corrected chi connectivity index (χ0v) is 16.8. The van der Waals surface area contributed by atoms with Gasteiger partial charge in [0.2, 0.25) is 0 Å². The Morgan fingerprint density at radius 1 is 1.27 bits per heavy atom. The van der Waals surface area contributed by atoms with Gasteiger partial charge in [0.25, 0.3) is 0 Å². The fraction of sp³-hybridized carbons (Fsp3) is 0.938. The molecular weight excluding hydrogens is 391 g/mol. The van der Waals surface area contributed by atoms with Gasteiger partial charge in [-0.15, -0.1) is 24.0 Å². The van der Waals surface area contributed by atoms with Crippen LogP contribution in [0.3, 0.4) is 0 Å². The van der Waals surface area contributed by atoms with Crippen molar-refractivity contribution < 1.29 is 4.74 Å². The van der Waals surface area contributed by atoms with Gasteiger partial charge in [-0.05, 0) is 31.7 Å². The van der Waals surface area contributed by atoms with Gasteiger partial charge in [-0.1, -0.05) is 12.8 Å². The molecule has 1 heterocycles. The third-order valence-electron chi connectivity index (χ3n) is 5.07. The first-order valence-electron chi connectivity index (χ1n) is 8.32. The van der Waals surface area contributed by atoms with E-state index in [0.29, 0.717) is 5.41 Å². The summed E-state index contributed by atoms with van der Waals surface area (Å²) in [5, 5.41) is 3.52. The first-order chi connectivity index (χ1) is 10.2. The molecule has 2 aliphatic rings. The number of ether oxygens (including phenoxy) is 1. The summed E-state index contributed by atoms with van der Waals surface area (Å²) in [5.74, 6) is 1.08. The van der Waals surface area contributed by atoms with Gasteiger partial charge in [0.1, 0.15) is 0 Å². The molecule has 0 aromatic heterocycles.